The minimum absolute atomic E-state index is 0.150. The average molecular weight is 278 g/mol. The molecule has 0 spiro atoms. The number of anilines is 1. The first-order chi connectivity index (χ1) is 10.3. The third kappa shape index (κ3) is 1.91. The fraction of sp³-hybridized carbons (Fsp3) is 0.389. The van der Waals surface area contributed by atoms with Crippen LogP contribution in [0.15, 0.2) is 36.4 Å². The number of hydrogen-bond acceptors (Lipinski definition) is 3. The van der Waals surface area contributed by atoms with Gasteiger partial charge >= 0.3 is 0 Å². The normalized spacial score (nSPS) is 27.8. The summed E-state index contributed by atoms with van der Waals surface area (Å²) in [5, 5.41) is 21.5. The minimum atomic E-state index is -0.150. The summed E-state index contributed by atoms with van der Waals surface area (Å²) in [6.45, 7) is 0. The van der Waals surface area contributed by atoms with Gasteiger partial charge in [-0.3, -0.25) is 0 Å². The van der Waals surface area contributed by atoms with E-state index in [1.807, 2.05) is 24.3 Å². The SMILES string of the molecule is N#Cc1ccc(N2[C@@H]3CC[C@H]2C[C@@H](O)C3)c2ccccc12. The lowest BCUT2D eigenvalue weighted by atomic mass is 9.96. The molecule has 0 unspecified atom stereocenters. The summed E-state index contributed by atoms with van der Waals surface area (Å²) in [5.41, 5.74) is 1.96. The second-order valence-electron chi connectivity index (χ2n) is 6.21. The van der Waals surface area contributed by atoms with Gasteiger partial charge < -0.3 is 10.0 Å². The molecule has 0 aromatic heterocycles. The van der Waals surface area contributed by atoms with Crippen molar-refractivity contribution in [2.75, 3.05) is 4.90 Å². The second kappa shape index (κ2) is 4.75. The van der Waals surface area contributed by atoms with Crippen LogP contribution >= 0.6 is 0 Å². The van der Waals surface area contributed by atoms with Gasteiger partial charge in [0.15, 0.2) is 0 Å². The van der Waals surface area contributed by atoms with Crippen molar-refractivity contribution in [1.29, 1.82) is 5.26 Å². The Bertz CT molecular complexity index is 720. The van der Waals surface area contributed by atoms with Crippen molar-refractivity contribution in [3.05, 3.63) is 42.0 Å². The van der Waals surface area contributed by atoms with Gasteiger partial charge in [0.1, 0.15) is 0 Å². The molecule has 2 aromatic carbocycles. The molecule has 106 valence electrons. The number of fused-ring (bicyclic) bond motifs is 3. The highest BCUT2D eigenvalue weighted by Crippen LogP contribution is 2.42. The average Bonchev–Trinajstić information content (AvgIpc) is 2.77. The predicted molar refractivity (Wildman–Crippen MR) is 83.2 cm³/mol. The van der Waals surface area contributed by atoms with Crippen LogP contribution in [0.2, 0.25) is 0 Å². The first-order valence-electron chi connectivity index (χ1n) is 7.66. The summed E-state index contributed by atoms with van der Waals surface area (Å²) in [7, 11) is 0. The van der Waals surface area contributed by atoms with E-state index in [1.54, 1.807) is 0 Å². The fourth-order valence-electron chi connectivity index (χ4n) is 4.15. The highest BCUT2D eigenvalue weighted by molar-refractivity contribution is 5.98. The minimum Gasteiger partial charge on any atom is -0.393 e. The van der Waals surface area contributed by atoms with Crippen molar-refractivity contribution in [3.8, 4) is 6.07 Å². The zero-order chi connectivity index (χ0) is 14.4. The Morgan fingerprint density at radius 2 is 1.67 bits per heavy atom. The Labute approximate surface area is 124 Å². The molecular weight excluding hydrogens is 260 g/mol. The van der Waals surface area contributed by atoms with Crippen LogP contribution in [0.5, 0.6) is 0 Å². The van der Waals surface area contributed by atoms with Gasteiger partial charge in [0.2, 0.25) is 0 Å². The number of nitriles is 1. The molecule has 0 radical (unpaired) electrons. The monoisotopic (exact) mass is 278 g/mol. The largest absolute Gasteiger partial charge is 0.393 e. The topological polar surface area (TPSA) is 47.3 Å². The molecule has 21 heavy (non-hydrogen) atoms. The van der Waals surface area contributed by atoms with Crippen LogP contribution in [-0.4, -0.2) is 23.3 Å². The number of piperidine rings is 1. The number of rotatable bonds is 1. The number of nitrogens with zero attached hydrogens (tertiary/aromatic N) is 2. The maximum Gasteiger partial charge on any atom is 0.0998 e. The van der Waals surface area contributed by atoms with E-state index < -0.39 is 0 Å². The van der Waals surface area contributed by atoms with E-state index in [4.69, 9.17) is 0 Å². The number of benzene rings is 2. The molecule has 4 rings (SSSR count). The molecule has 2 heterocycles. The summed E-state index contributed by atoms with van der Waals surface area (Å²) in [4.78, 5) is 2.50. The highest BCUT2D eigenvalue weighted by atomic mass is 16.3. The maximum absolute atomic E-state index is 9.98. The molecule has 2 fully saturated rings. The molecule has 3 atom stereocenters. The van der Waals surface area contributed by atoms with E-state index in [0.717, 1.165) is 42.0 Å². The molecule has 2 aliphatic rings. The quantitative estimate of drug-likeness (QED) is 0.871. The Morgan fingerprint density at radius 3 is 2.33 bits per heavy atom. The van der Waals surface area contributed by atoms with E-state index in [-0.39, 0.29) is 6.10 Å². The Hall–Kier alpha value is -2.05. The van der Waals surface area contributed by atoms with E-state index in [9.17, 15) is 10.4 Å². The van der Waals surface area contributed by atoms with Gasteiger partial charge in [-0.25, -0.2) is 0 Å². The van der Waals surface area contributed by atoms with Crippen LogP contribution in [0.1, 0.15) is 31.2 Å². The van der Waals surface area contributed by atoms with Gasteiger partial charge in [-0.05, 0) is 37.8 Å². The lowest BCUT2D eigenvalue weighted by Gasteiger charge is -2.39. The Balaban J connectivity index is 1.87. The van der Waals surface area contributed by atoms with Crippen molar-refractivity contribution >= 4 is 16.5 Å². The zero-order valence-electron chi connectivity index (χ0n) is 11.9. The maximum atomic E-state index is 9.98. The summed E-state index contributed by atoms with van der Waals surface area (Å²) in [6.07, 6.45) is 3.91. The third-order valence-corrected chi connectivity index (χ3v) is 5.01. The smallest absolute Gasteiger partial charge is 0.0998 e. The molecule has 2 aromatic rings. The van der Waals surface area contributed by atoms with Crippen LogP contribution in [-0.2, 0) is 0 Å². The fourth-order valence-corrected chi connectivity index (χ4v) is 4.15. The molecule has 0 amide bonds. The van der Waals surface area contributed by atoms with E-state index in [1.165, 1.54) is 5.69 Å². The lowest BCUT2D eigenvalue weighted by Crippen LogP contribution is -2.44. The van der Waals surface area contributed by atoms with Gasteiger partial charge in [0.25, 0.3) is 0 Å². The van der Waals surface area contributed by atoms with E-state index in [2.05, 4.69) is 23.1 Å². The molecule has 0 saturated carbocycles. The molecule has 2 bridgehead atoms. The first-order valence-corrected chi connectivity index (χ1v) is 7.66. The molecule has 0 aliphatic carbocycles. The third-order valence-electron chi connectivity index (χ3n) is 5.01. The highest BCUT2D eigenvalue weighted by Gasteiger charge is 2.40. The molecule has 1 N–H and O–H groups in total. The summed E-state index contributed by atoms with van der Waals surface area (Å²) < 4.78 is 0. The first kappa shape index (κ1) is 12.7. The van der Waals surface area contributed by atoms with Crippen molar-refractivity contribution in [2.45, 2.75) is 43.9 Å². The number of aliphatic hydroxyl groups excluding tert-OH is 1. The molecule has 2 saturated heterocycles. The van der Waals surface area contributed by atoms with Crippen LogP contribution in [0.25, 0.3) is 10.8 Å². The molecule has 3 nitrogen and oxygen atoms in total. The van der Waals surface area contributed by atoms with Crippen molar-refractivity contribution < 1.29 is 5.11 Å². The lowest BCUT2D eigenvalue weighted by molar-refractivity contribution is 0.126. The standard InChI is InChI=1S/C18H18N2O/c19-11-12-5-8-18(17-4-2-1-3-16(12)17)20-13-6-7-14(20)10-15(21)9-13/h1-5,8,13-15,21H,6-7,9-10H2/t13-,14+,15+. The van der Waals surface area contributed by atoms with Gasteiger partial charge in [-0.15, -0.1) is 0 Å². The number of hydrogen-bond donors (Lipinski definition) is 1. The van der Waals surface area contributed by atoms with Crippen LogP contribution < -0.4 is 4.90 Å². The van der Waals surface area contributed by atoms with Crippen molar-refractivity contribution in [3.63, 3.8) is 0 Å². The summed E-state index contributed by atoms with van der Waals surface area (Å²) in [5.74, 6) is 0. The second-order valence-corrected chi connectivity index (χ2v) is 6.21. The zero-order valence-corrected chi connectivity index (χ0v) is 11.9. The van der Waals surface area contributed by atoms with Crippen molar-refractivity contribution in [2.24, 2.45) is 0 Å². The van der Waals surface area contributed by atoms with Gasteiger partial charge in [0.05, 0.1) is 17.7 Å². The van der Waals surface area contributed by atoms with E-state index >= 15 is 0 Å². The molecular formula is C18H18N2O. The Morgan fingerprint density at radius 1 is 1.00 bits per heavy atom. The van der Waals surface area contributed by atoms with Gasteiger partial charge in [-0.1, -0.05) is 24.3 Å². The van der Waals surface area contributed by atoms with Gasteiger partial charge in [0, 0.05) is 28.5 Å². The van der Waals surface area contributed by atoms with E-state index in [0.29, 0.717) is 12.1 Å². The van der Waals surface area contributed by atoms with Crippen LogP contribution in [0.4, 0.5) is 5.69 Å². The molecule has 3 heteroatoms. The van der Waals surface area contributed by atoms with Crippen molar-refractivity contribution in [1.82, 2.24) is 0 Å². The van der Waals surface area contributed by atoms with Crippen LogP contribution in [0.3, 0.4) is 0 Å². The summed E-state index contributed by atoms with van der Waals surface area (Å²) >= 11 is 0. The molecule has 2 aliphatic heterocycles. The predicted octanol–water partition coefficient (Wildman–Crippen LogP) is 3.20. The Kier molecular flexibility index (Phi) is 2.87. The number of aliphatic hydroxyl groups is 1. The van der Waals surface area contributed by atoms with Crippen LogP contribution in [0, 0.1) is 11.3 Å². The summed E-state index contributed by atoms with van der Waals surface area (Å²) in [6, 6.07) is 15.3. The van der Waals surface area contributed by atoms with Gasteiger partial charge in [-0.2, -0.15) is 5.26 Å².